The first kappa shape index (κ1) is 22.4. The van der Waals surface area contributed by atoms with Gasteiger partial charge in [-0.1, -0.05) is 0 Å². The number of aliphatic hydroxyl groups excluding tert-OH is 1. The van der Waals surface area contributed by atoms with Crippen molar-refractivity contribution in [1.82, 2.24) is 15.0 Å². The molecule has 0 radical (unpaired) electrons. The van der Waals surface area contributed by atoms with E-state index in [4.69, 9.17) is 4.74 Å². The summed E-state index contributed by atoms with van der Waals surface area (Å²) in [4.78, 5) is 39.1. The van der Waals surface area contributed by atoms with Crippen LogP contribution >= 0.6 is 0 Å². The first-order valence-electron chi connectivity index (χ1n) is 10.0. The van der Waals surface area contributed by atoms with E-state index in [0.29, 0.717) is 42.9 Å². The molecular weight excluding hydrogens is 402 g/mol. The predicted octanol–water partition coefficient (Wildman–Crippen LogP) is 1.10. The zero-order valence-corrected chi connectivity index (χ0v) is 17.8. The minimum Gasteiger partial charge on any atom is -0.394 e. The van der Waals surface area contributed by atoms with Gasteiger partial charge in [-0.2, -0.15) is 9.97 Å². The van der Waals surface area contributed by atoms with E-state index in [1.807, 2.05) is 18.7 Å². The van der Waals surface area contributed by atoms with Crippen molar-refractivity contribution in [3.8, 4) is 0 Å². The number of rotatable bonds is 7. The van der Waals surface area contributed by atoms with Gasteiger partial charge in [0.05, 0.1) is 25.9 Å². The van der Waals surface area contributed by atoms with Crippen LogP contribution in [0.4, 0.5) is 23.4 Å². The lowest BCUT2D eigenvalue weighted by Gasteiger charge is -2.33. The van der Waals surface area contributed by atoms with Gasteiger partial charge in [-0.15, -0.1) is 0 Å². The van der Waals surface area contributed by atoms with E-state index < -0.39 is 5.91 Å². The lowest BCUT2D eigenvalue weighted by molar-refractivity contribution is -0.114. The average Bonchev–Trinajstić information content (AvgIpc) is 2.73. The fourth-order valence-corrected chi connectivity index (χ4v) is 3.03. The molecule has 0 aromatic carbocycles. The van der Waals surface area contributed by atoms with Gasteiger partial charge in [0.1, 0.15) is 17.5 Å². The highest BCUT2D eigenvalue weighted by atomic mass is 16.5. The molecule has 166 valence electrons. The maximum absolute atomic E-state index is 12.8. The van der Waals surface area contributed by atoms with Crippen molar-refractivity contribution in [2.45, 2.75) is 32.9 Å². The molecule has 2 amide bonds. The van der Waals surface area contributed by atoms with Crippen LogP contribution in [0.5, 0.6) is 0 Å². The Hall–Kier alpha value is -3.31. The Balaban J connectivity index is 1.86. The van der Waals surface area contributed by atoms with Crippen LogP contribution in [0.15, 0.2) is 24.4 Å². The van der Waals surface area contributed by atoms with E-state index >= 15 is 0 Å². The zero-order valence-electron chi connectivity index (χ0n) is 17.8. The van der Waals surface area contributed by atoms with Crippen molar-refractivity contribution < 1.29 is 19.4 Å². The molecule has 11 nitrogen and oxygen atoms in total. The molecule has 1 aliphatic rings. The molecule has 0 bridgehead atoms. The minimum absolute atomic E-state index is 0.0715. The van der Waals surface area contributed by atoms with Crippen molar-refractivity contribution in [3.63, 3.8) is 0 Å². The van der Waals surface area contributed by atoms with E-state index in [1.165, 1.54) is 19.2 Å². The van der Waals surface area contributed by atoms with Crippen LogP contribution in [0.3, 0.4) is 0 Å². The number of pyridine rings is 1. The highest BCUT2D eigenvalue weighted by Crippen LogP contribution is 2.22. The number of morpholine rings is 1. The van der Waals surface area contributed by atoms with Crippen molar-refractivity contribution in [1.29, 1.82) is 0 Å². The Kier molecular flexibility index (Phi) is 7.32. The normalized spacial score (nSPS) is 17.0. The minimum atomic E-state index is -0.408. The average molecular weight is 429 g/mol. The number of aromatic nitrogens is 3. The van der Waals surface area contributed by atoms with Crippen LogP contribution in [0.1, 0.15) is 31.1 Å². The summed E-state index contributed by atoms with van der Waals surface area (Å²) < 4.78 is 5.49. The lowest BCUT2D eigenvalue weighted by atomic mass is 10.2. The van der Waals surface area contributed by atoms with Gasteiger partial charge in [0, 0.05) is 37.3 Å². The summed E-state index contributed by atoms with van der Waals surface area (Å²) in [5.41, 5.74) is 0.317. The summed E-state index contributed by atoms with van der Waals surface area (Å²) in [5.74, 6) is 0.835. The molecule has 0 saturated carbocycles. The Morgan fingerprint density at radius 2 is 2.03 bits per heavy atom. The Morgan fingerprint density at radius 3 is 2.74 bits per heavy atom. The number of amides is 2. The third-order valence-corrected chi connectivity index (χ3v) is 4.57. The number of nitrogens with one attached hydrogen (secondary N) is 3. The van der Waals surface area contributed by atoms with Crippen LogP contribution < -0.4 is 20.9 Å². The fourth-order valence-electron chi connectivity index (χ4n) is 3.03. The molecule has 2 aromatic heterocycles. The smallest absolute Gasteiger partial charge is 0.257 e. The number of hydrogen-bond donors (Lipinski definition) is 4. The van der Waals surface area contributed by atoms with Gasteiger partial charge in [-0.25, -0.2) is 4.98 Å². The van der Waals surface area contributed by atoms with Gasteiger partial charge in [-0.05, 0) is 26.0 Å². The van der Waals surface area contributed by atoms with Crippen LogP contribution in [0.25, 0.3) is 0 Å². The molecule has 1 aliphatic heterocycles. The number of carbonyl (C=O) groups excluding carboxylic acids is 2. The monoisotopic (exact) mass is 429 g/mol. The van der Waals surface area contributed by atoms with Gasteiger partial charge in [-0.3, -0.25) is 9.59 Å². The van der Waals surface area contributed by atoms with Gasteiger partial charge in [0.25, 0.3) is 5.91 Å². The molecule has 0 aliphatic carbocycles. The summed E-state index contributed by atoms with van der Waals surface area (Å²) in [6.07, 6.45) is 1.44. The van der Waals surface area contributed by atoms with Gasteiger partial charge < -0.3 is 30.7 Å². The molecule has 1 saturated heterocycles. The van der Waals surface area contributed by atoms with E-state index in [2.05, 4.69) is 30.9 Å². The lowest BCUT2D eigenvalue weighted by Crippen LogP contribution is -2.44. The molecule has 3 heterocycles. The summed E-state index contributed by atoms with van der Waals surface area (Å²) in [5, 5.41) is 17.8. The van der Waals surface area contributed by atoms with Crippen molar-refractivity contribution in [2.24, 2.45) is 0 Å². The van der Waals surface area contributed by atoms with E-state index in [1.54, 1.807) is 12.1 Å². The molecule has 0 unspecified atom stereocenters. The van der Waals surface area contributed by atoms with Gasteiger partial charge in [0.15, 0.2) is 0 Å². The Labute approximate surface area is 180 Å². The number of carbonyl (C=O) groups is 2. The molecule has 2 aromatic rings. The molecule has 4 N–H and O–H groups in total. The van der Waals surface area contributed by atoms with Crippen LogP contribution in [-0.2, 0) is 9.53 Å². The standard InChI is InChI=1S/C20H27N7O4/c1-12(10-28)22-17-9-18(26-20(25-17)27-6-7-31-11-13(27)2)24-19(30)15-4-5-21-16(8-15)23-14(3)29/h4-5,8-9,12-13,28H,6-7,10-11H2,1-3H3,(H,21,23,29)(H2,22,24,25,26,30)/t12-,13-/m0/s1. The SMILES string of the molecule is CC(=O)Nc1cc(C(=O)Nc2cc(N[C@@H](C)CO)nc(N3CCOC[C@@H]3C)n2)ccn1. The van der Waals surface area contributed by atoms with E-state index in [9.17, 15) is 14.7 Å². The summed E-state index contributed by atoms with van der Waals surface area (Å²) in [6, 6.07) is 4.47. The van der Waals surface area contributed by atoms with Gasteiger partial charge in [0.2, 0.25) is 11.9 Å². The Morgan fingerprint density at radius 1 is 1.26 bits per heavy atom. The van der Waals surface area contributed by atoms with Crippen molar-refractivity contribution in [3.05, 3.63) is 30.0 Å². The maximum atomic E-state index is 12.8. The van der Waals surface area contributed by atoms with Crippen LogP contribution in [-0.4, -0.2) is 70.3 Å². The summed E-state index contributed by atoms with van der Waals surface area (Å²) in [7, 11) is 0. The summed E-state index contributed by atoms with van der Waals surface area (Å²) in [6.45, 7) is 6.86. The quantitative estimate of drug-likeness (QED) is 0.509. The van der Waals surface area contributed by atoms with Crippen molar-refractivity contribution in [2.75, 3.05) is 47.2 Å². The van der Waals surface area contributed by atoms with E-state index in [-0.39, 0.29) is 30.4 Å². The Bertz CT molecular complexity index is 939. The number of aliphatic hydroxyl groups is 1. The molecule has 11 heteroatoms. The highest BCUT2D eigenvalue weighted by Gasteiger charge is 2.23. The van der Waals surface area contributed by atoms with Crippen molar-refractivity contribution >= 4 is 35.2 Å². The topological polar surface area (TPSA) is 142 Å². The fraction of sp³-hybridized carbons (Fsp3) is 0.450. The third kappa shape index (κ3) is 6.09. The second-order valence-corrected chi connectivity index (χ2v) is 7.35. The second kappa shape index (κ2) is 10.1. The number of anilines is 4. The first-order valence-corrected chi connectivity index (χ1v) is 10.0. The third-order valence-electron chi connectivity index (χ3n) is 4.57. The number of ether oxygens (including phenoxy) is 1. The number of hydrogen-bond acceptors (Lipinski definition) is 9. The highest BCUT2D eigenvalue weighted by molar-refractivity contribution is 6.04. The maximum Gasteiger partial charge on any atom is 0.257 e. The molecule has 0 spiro atoms. The predicted molar refractivity (Wildman–Crippen MR) is 116 cm³/mol. The molecule has 3 rings (SSSR count). The van der Waals surface area contributed by atoms with Crippen LogP contribution in [0, 0.1) is 0 Å². The number of nitrogens with zero attached hydrogens (tertiary/aromatic N) is 4. The second-order valence-electron chi connectivity index (χ2n) is 7.35. The largest absolute Gasteiger partial charge is 0.394 e. The summed E-state index contributed by atoms with van der Waals surface area (Å²) >= 11 is 0. The van der Waals surface area contributed by atoms with Gasteiger partial charge >= 0.3 is 0 Å². The molecule has 31 heavy (non-hydrogen) atoms. The van der Waals surface area contributed by atoms with E-state index in [0.717, 1.165) is 0 Å². The zero-order chi connectivity index (χ0) is 22.4. The molecule has 2 atom stereocenters. The van der Waals surface area contributed by atoms with Crippen LogP contribution in [0.2, 0.25) is 0 Å². The molecule has 1 fully saturated rings. The molecular formula is C20H27N7O4. The first-order chi connectivity index (χ1) is 14.9.